The van der Waals surface area contributed by atoms with E-state index in [0.717, 1.165) is 43.2 Å². The summed E-state index contributed by atoms with van der Waals surface area (Å²) in [6.07, 6.45) is 8.26. The zero-order valence-corrected chi connectivity index (χ0v) is 20.6. The molecule has 2 aromatic rings. The van der Waals surface area contributed by atoms with Gasteiger partial charge in [0.2, 0.25) is 17.7 Å². The fraction of sp³-hybridized carbons (Fsp3) is 0.370. The summed E-state index contributed by atoms with van der Waals surface area (Å²) in [4.78, 5) is 55.5. The molecule has 9 nitrogen and oxygen atoms in total. The number of nitro benzene ring substituents is 1. The van der Waals surface area contributed by atoms with Crippen LogP contribution in [0.2, 0.25) is 5.02 Å². The van der Waals surface area contributed by atoms with E-state index in [0.29, 0.717) is 0 Å². The number of carbonyl (C=O) groups excluding carboxylic acids is 3. The summed E-state index contributed by atoms with van der Waals surface area (Å²) in [5, 5.41) is 14.0. The molecule has 3 amide bonds. The lowest BCUT2D eigenvalue weighted by molar-refractivity contribution is -0.384. The topological polar surface area (TPSA) is 113 Å². The van der Waals surface area contributed by atoms with Gasteiger partial charge in [-0.25, -0.2) is 0 Å². The van der Waals surface area contributed by atoms with Crippen molar-refractivity contribution in [2.45, 2.75) is 50.2 Å². The van der Waals surface area contributed by atoms with Gasteiger partial charge in [-0.3, -0.25) is 29.4 Å². The van der Waals surface area contributed by atoms with Crippen LogP contribution in [0, 0.1) is 22.0 Å². The summed E-state index contributed by atoms with van der Waals surface area (Å²) in [7, 11) is 0. The lowest BCUT2D eigenvalue weighted by Gasteiger charge is -2.37. The first-order chi connectivity index (χ1) is 17.9. The van der Waals surface area contributed by atoms with E-state index < -0.39 is 34.7 Å². The third kappa shape index (κ3) is 3.71. The Hall–Kier alpha value is -3.72. The van der Waals surface area contributed by atoms with Crippen LogP contribution in [0.1, 0.15) is 49.3 Å². The van der Waals surface area contributed by atoms with E-state index in [4.69, 9.17) is 11.6 Å². The normalized spacial score (nSPS) is 26.6. The summed E-state index contributed by atoms with van der Waals surface area (Å²) in [5.74, 6) is -2.54. The number of likely N-dealkylation sites (tertiary alicyclic amines) is 1. The minimum Gasteiger partial charge on any atom is -0.357 e. The monoisotopic (exact) mass is 520 g/mol. The van der Waals surface area contributed by atoms with Gasteiger partial charge >= 0.3 is 0 Å². The second kappa shape index (κ2) is 8.99. The van der Waals surface area contributed by atoms with Gasteiger partial charge in [-0.15, -0.1) is 0 Å². The molecule has 10 heteroatoms. The lowest BCUT2D eigenvalue weighted by atomic mass is 9.84. The number of nitro groups is 1. The molecule has 1 aliphatic carbocycles. The summed E-state index contributed by atoms with van der Waals surface area (Å²) in [6.45, 7) is 0. The number of benzene rings is 2. The Morgan fingerprint density at radius 3 is 2.51 bits per heavy atom. The maximum absolute atomic E-state index is 13.9. The molecule has 3 fully saturated rings. The number of nitrogens with one attached hydrogen (secondary N) is 1. The maximum atomic E-state index is 13.9. The number of anilines is 1. The third-order valence-corrected chi connectivity index (χ3v) is 8.43. The van der Waals surface area contributed by atoms with Crippen LogP contribution in [-0.2, 0) is 14.4 Å². The van der Waals surface area contributed by atoms with Gasteiger partial charge in [-0.1, -0.05) is 55.1 Å². The average Bonchev–Trinajstić information content (AvgIpc) is 3.38. The van der Waals surface area contributed by atoms with Crippen LogP contribution in [0.15, 0.2) is 48.7 Å². The van der Waals surface area contributed by atoms with Crippen molar-refractivity contribution in [2.24, 2.45) is 11.8 Å². The molecule has 3 heterocycles. The van der Waals surface area contributed by atoms with Crippen molar-refractivity contribution in [3.8, 4) is 0 Å². The third-order valence-electron chi connectivity index (χ3n) is 8.11. The molecule has 0 bridgehead atoms. The summed E-state index contributed by atoms with van der Waals surface area (Å²) >= 11 is 5.93. The minimum absolute atomic E-state index is 0.0424. The zero-order chi connectivity index (χ0) is 25.8. The molecule has 1 saturated carbocycles. The molecule has 3 aliphatic heterocycles. The molecule has 0 aromatic heterocycles. The Morgan fingerprint density at radius 1 is 1.03 bits per heavy atom. The quantitative estimate of drug-likeness (QED) is 0.360. The Labute approximate surface area is 218 Å². The van der Waals surface area contributed by atoms with E-state index in [2.05, 4.69) is 5.32 Å². The number of hydrogen-bond donors (Lipinski definition) is 1. The standard InChI is InChI=1S/C27H25ClN4O5/c28-19-11-10-16(14-20(19)32(36)37)29-25(33)24-22-21(23-18-9-5-4-6-15(18)12-13-30(23)24)26(34)31(27(22)35)17-7-2-1-3-8-17/h4-6,9-14,17,21-24H,1-3,7-8H2,(H,29,33)/t21-,22-,23-,24+/m0/s1. The molecule has 2 saturated heterocycles. The highest BCUT2D eigenvalue weighted by molar-refractivity contribution is 6.32. The molecule has 4 aliphatic rings. The maximum Gasteiger partial charge on any atom is 0.289 e. The Morgan fingerprint density at radius 2 is 1.76 bits per heavy atom. The number of imide groups is 1. The highest BCUT2D eigenvalue weighted by Gasteiger charge is 2.65. The second-order valence-corrected chi connectivity index (χ2v) is 10.5. The van der Waals surface area contributed by atoms with Crippen LogP contribution < -0.4 is 5.32 Å². The molecular formula is C27H25ClN4O5. The van der Waals surface area contributed by atoms with E-state index in [1.807, 2.05) is 35.2 Å². The fourth-order valence-electron chi connectivity index (χ4n) is 6.53. The highest BCUT2D eigenvalue weighted by Crippen LogP contribution is 2.53. The van der Waals surface area contributed by atoms with Crippen molar-refractivity contribution in [3.05, 3.63) is 74.9 Å². The molecular weight excluding hydrogens is 496 g/mol. The average molecular weight is 521 g/mol. The van der Waals surface area contributed by atoms with Gasteiger partial charge in [0.1, 0.15) is 11.1 Å². The minimum atomic E-state index is -0.945. The number of halogens is 1. The lowest BCUT2D eigenvalue weighted by Crippen LogP contribution is -2.49. The molecule has 1 N–H and O–H groups in total. The van der Waals surface area contributed by atoms with Crippen LogP contribution in [0.5, 0.6) is 0 Å². The molecule has 0 radical (unpaired) electrons. The van der Waals surface area contributed by atoms with Crippen LogP contribution in [0.3, 0.4) is 0 Å². The van der Waals surface area contributed by atoms with Gasteiger partial charge < -0.3 is 10.2 Å². The van der Waals surface area contributed by atoms with E-state index in [1.165, 1.54) is 23.1 Å². The number of nitrogens with zero attached hydrogens (tertiary/aromatic N) is 3. The van der Waals surface area contributed by atoms with Gasteiger partial charge in [0, 0.05) is 24.0 Å². The first kappa shape index (κ1) is 23.7. The molecule has 6 rings (SSSR count). The van der Waals surface area contributed by atoms with Crippen LogP contribution >= 0.6 is 11.6 Å². The summed E-state index contributed by atoms with van der Waals surface area (Å²) < 4.78 is 0. The van der Waals surface area contributed by atoms with Gasteiger partial charge in [0.05, 0.1) is 22.8 Å². The van der Waals surface area contributed by atoms with Gasteiger partial charge in [-0.2, -0.15) is 0 Å². The van der Waals surface area contributed by atoms with E-state index in [-0.39, 0.29) is 34.3 Å². The van der Waals surface area contributed by atoms with Crippen molar-refractivity contribution in [2.75, 3.05) is 5.32 Å². The Kier molecular flexibility index (Phi) is 5.75. The molecule has 2 aromatic carbocycles. The number of amides is 3. The van der Waals surface area contributed by atoms with Crippen LogP contribution in [-0.4, -0.2) is 44.5 Å². The second-order valence-electron chi connectivity index (χ2n) is 10.1. The smallest absolute Gasteiger partial charge is 0.289 e. The predicted octanol–water partition coefficient (Wildman–Crippen LogP) is 4.53. The Balaban J connectivity index is 1.39. The van der Waals surface area contributed by atoms with Crippen molar-refractivity contribution in [1.82, 2.24) is 9.80 Å². The Bertz CT molecular complexity index is 1350. The molecule has 4 atom stereocenters. The number of rotatable bonds is 4. The molecule has 0 unspecified atom stereocenters. The first-order valence-electron chi connectivity index (χ1n) is 12.5. The zero-order valence-electron chi connectivity index (χ0n) is 19.9. The van der Waals surface area contributed by atoms with Crippen molar-refractivity contribution in [1.29, 1.82) is 0 Å². The SMILES string of the molecule is O=C(Nc1ccc(Cl)c([N+](=O)[O-])c1)[C@H]1[C@H]2C(=O)N(C3CCCCC3)C(=O)[C@@H]2[C@@H]2c3ccccc3C=CN12. The highest BCUT2D eigenvalue weighted by atomic mass is 35.5. The summed E-state index contributed by atoms with van der Waals surface area (Å²) in [6, 6.07) is 10.2. The fourth-order valence-corrected chi connectivity index (χ4v) is 6.71. The van der Waals surface area contributed by atoms with Gasteiger partial charge in [0.15, 0.2) is 0 Å². The van der Waals surface area contributed by atoms with Crippen LogP contribution in [0.4, 0.5) is 11.4 Å². The van der Waals surface area contributed by atoms with Gasteiger partial charge in [0.25, 0.3) is 5.69 Å². The van der Waals surface area contributed by atoms with Crippen molar-refractivity contribution in [3.63, 3.8) is 0 Å². The van der Waals surface area contributed by atoms with Crippen LogP contribution in [0.25, 0.3) is 6.08 Å². The molecule has 0 spiro atoms. The van der Waals surface area contributed by atoms with Crippen molar-refractivity contribution >= 4 is 46.8 Å². The predicted molar refractivity (Wildman–Crippen MR) is 136 cm³/mol. The summed E-state index contributed by atoms with van der Waals surface area (Å²) in [5.41, 5.74) is 1.73. The largest absolute Gasteiger partial charge is 0.357 e. The van der Waals surface area contributed by atoms with Gasteiger partial charge in [-0.05, 0) is 42.2 Å². The number of carbonyl (C=O) groups is 3. The van der Waals surface area contributed by atoms with E-state index >= 15 is 0 Å². The molecule has 190 valence electrons. The van der Waals surface area contributed by atoms with E-state index in [9.17, 15) is 24.5 Å². The van der Waals surface area contributed by atoms with Crippen molar-refractivity contribution < 1.29 is 19.3 Å². The van der Waals surface area contributed by atoms with E-state index in [1.54, 1.807) is 6.20 Å². The first-order valence-corrected chi connectivity index (χ1v) is 12.9. The number of fused-ring (bicyclic) bond motifs is 5. The number of hydrogen-bond acceptors (Lipinski definition) is 6. The molecule has 37 heavy (non-hydrogen) atoms.